The lowest BCUT2D eigenvalue weighted by Gasteiger charge is -2.28. The normalized spacial score (nSPS) is 15.8. The summed E-state index contributed by atoms with van der Waals surface area (Å²) in [5.41, 5.74) is 4.69. The number of esters is 1. The number of methoxy groups -OCH3 is 1. The molecule has 1 heterocycles. The number of hydrogen-bond donors (Lipinski definition) is 4. The first kappa shape index (κ1) is 28.1. The van der Waals surface area contributed by atoms with E-state index in [4.69, 9.17) is 18.9 Å². The third-order valence-electron chi connectivity index (χ3n) is 5.36. The molecule has 0 aliphatic carbocycles. The molecule has 2 atom stereocenters. The first-order valence-electron chi connectivity index (χ1n) is 11.9. The molecule has 0 unspecified atom stereocenters. The minimum absolute atomic E-state index is 0.123. The summed E-state index contributed by atoms with van der Waals surface area (Å²) in [7, 11) is 1.28. The number of carbonyl (C=O) groups excluding carboxylic acids is 2. The highest BCUT2D eigenvalue weighted by Crippen LogP contribution is 2.34. The first-order chi connectivity index (χ1) is 18.4. The molecule has 0 spiro atoms. The number of ether oxygens (including phenoxy) is 4. The van der Waals surface area contributed by atoms with Crippen molar-refractivity contribution in [1.29, 1.82) is 0 Å². The zero-order valence-electron chi connectivity index (χ0n) is 21.5. The van der Waals surface area contributed by atoms with E-state index in [1.54, 1.807) is 37.4 Å². The Hall–Kier alpha value is -4.51. The lowest BCUT2D eigenvalue weighted by atomic mass is 9.95. The average molecular weight is 525 g/mol. The SMILES string of the molecule is C=CCOc1ccc(/C=N\N[C@H](O)COc2ccc([C@@H]3NC(=O)NC(C)=C3C(=O)OC)cc2OCC)cc1. The molecule has 3 rings (SSSR count). The summed E-state index contributed by atoms with van der Waals surface area (Å²) < 4.78 is 21.8. The quantitative estimate of drug-likeness (QED) is 0.103. The minimum atomic E-state index is -1.10. The number of hydrazone groups is 1. The van der Waals surface area contributed by atoms with Crippen LogP contribution in [0.1, 0.15) is 31.0 Å². The van der Waals surface area contributed by atoms with Crippen molar-refractivity contribution in [3.63, 3.8) is 0 Å². The molecule has 0 fully saturated rings. The van der Waals surface area contributed by atoms with Gasteiger partial charge >= 0.3 is 12.0 Å². The number of carbonyl (C=O) groups is 2. The van der Waals surface area contributed by atoms with E-state index in [9.17, 15) is 14.7 Å². The summed E-state index contributed by atoms with van der Waals surface area (Å²) in [5, 5.41) is 19.6. The molecule has 11 heteroatoms. The zero-order valence-corrected chi connectivity index (χ0v) is 21.5. The molecule has 2 amide bonds. The van der Waals surface area contributed by atoms with E-state index >= 15 is 0 Å². The average Bonchev–Trinajstić information content (AvgIpc) is 2.91. The van der Waals surface area contributed by atoms with E-state index in [-0.39, 0.29) is 12.2 Å². The summed E-state index contributed by atoms with van der Waals surface area (Å²) in [6, 6.07) is 11.1. The molecule has 0 aromatic heterocycles. The number of nitrogens with one attached hydrogen (secondary N) is 3. The van der Waals surface area contributed by atoms with Gasteiger partial charge in [0.2, 0.25) is 0 Å². The van der Waals surface area contributed by atoms with E-state index in [1.165, 1.54) is 7.11 Å². The van der Waals surface area contributed by atoms with Crippen LogP contribution in [-0.2, 0) is 9.53 Å². The Morgan fingerprint density at radius 2 is 1.95 bits per heavy atom. The van der Waals surface area contributed by atoms with Crippen molar-refractivity contribution in [3.8, 4) is 17.2 Å². The van der Waals surface area contributed by atoms with Gasteiger partial charge in [-0.15, -0.1) is 0 Å². The van der Waals surface area contributed by atoms with Gasteiger partial charge in [-0.25, -0.2) is 9.59 Å². The summed E-state index contributed by atoms with van der Waals surface area (Å²) in [5.74, 6) is 0.907. The van der Waals surface area contributed by atoms with Crippen LogP contribution in [0.5, 0.6) is 17.2 Å². The maximum absolute atomic E-state index is 12.4. The molecule has 0 saturated heterocycles. The predicted octanol–water partition coefficient (Wildman–Crippen LogP) is 2.77. The predicted molar refractivity (Wildman–Crippen MR) is 141 cm³/mol. The van der Waals surface area contributed by atoms with Crippen molar-refractivity contribution in [2.24, 2.45) is 5.10 Å². The standard InChI is InChI=1S/C27H32N4O7/c1-5-13-37-20-10-7-18(8-11-20)15-28-31-23(32)16-38-21-12-9-19(14-22(21)36-6-2)25-24(26(33)35-4)17(3)29-27(34)30-25/h5,7-12,14-15,23,25,31-32H,1,6,13,16H2,2-4H3,(H2,29,30,34)/b28-15-/t23-,25+/m1/s1. The van der Waals surface area contributed by atoms with Gasteiger partial charge < -0.3 is 34.7 Å². The van der Waals surface area contributed by atoms with Gasteiger partial charge in [-0.05, 0) is 61.4 Å². The Kier molecular flexibility index (Phi) is 10.1. The summed E-state index contributed by atoms with van der Waals surface area (Å²) in [6.45, 7) is 7.70. The van der Waals surface area contributed by atoms with Crippen LogP contribution in [0.2, 0.25) is 0 Å². The van der Waals surface area contributed by atoms with E-state index in [0.29, 0.717) is 36.0 Å². The van der Waals surface area contributed by atoms with Crippen molar-refractivity contribution < 1.29 is 33.6 Å². The summed E-state index contributed by atoms with van der Waals surface area (Å²) >= 11 is 0. The molecule has 38 heavy (non-hydrogen) atoms. The zero-order chi connectivity index (χ0) is 27.5. The highest BCUT2D eigenvalue weighted by atomic mass is 16.5. The lowest BCUT2D eigenvalue weighted by Crippen LogP contribution is -2.45. The number of amides is 2. The fourth-order valence-electron chi connectivity index (χ4n) is 3.63. The van der Waals surface area contributed by atoms with Gasteiger partial charge in [0.15, 0.2) is 17.7 Å². The molecule has 4 N–H and O–H groups in total. The van der Waals surface area contributed by atoms with Crippen LogP contribution in [0.3, 0.4) is 0 Å². The second kappa shape index (κ2) is 13.7. The van der Waals surface area contributed by atoms with Crippen molar-refractivity contribution >= 4 is 18.2 Å². The van der Waals surface area contributed by atoms with Gasteiger partial charge in [0.25, 0.3) is 0 Å². The number of allylic oxidation sites excluding steroid dienone is 1. The molecule has 1 aliphatic heterocycles. The number of hydrogen-bond acceptors (Lipinski definition) is 9. The molecule has 0 bridgehead atoms. The van der Waals surface area contributed by atoms with Crippen LogP contribution in [0, 0.1) is 0 Å². The molecule has 1 aliphatic rings. The Morgan fingerprint density at radius 1 is 1.18 bits per heavy atom. The fraction of sp³-hybridized carbons (Fsp3) is 0.296. The van der Waals surface area contributed by atoms with Crippen LogP contribution in [0.15, 0.2) is 71.5 Å². The molecule has 2 aromatic carbocycles. The van der Waals surface area contributed by atoms with Crippen molar-refractivity contribution in [3.05, 3.63) is 77.5 Å². The molecular formula is C27H32N4O7. The van der Waals surface area contributed by atoms with Gasteiger partial charge in [-0.2, -0.15) is 5.10 Å². The van der Waals surface area contributed by atoms with Crippen molar-refractivity contribution in [1.82, 2.24) is 16.1 Å². The third-order valence-corrected chi connectivity index (χ3v) is 5.36. The smallest absolute Gasteiger partial charge is 0.337 e. The molecule has 0 saturated carbocycles. The van der Waals surface area contributed by atoms with Crippen molar-refractivity contribution in [2.45, 2.75) is 26.1 Å². The molecule has 202 valence electrons. The van der Waals surface area contributed by atoms with Gasteiger partial charge in [-0.3, -0.25) is 5.43 Å². The van der Waals surface area contributed by atoms with Crippen LogP contribution in [0.4, 0.5) is 4.79 Å². The van der Waals surface area contributed by atoms with Gasteiger partial charge in [0.1, 0.15) is 19.0 Å². The highest BCUT2D eigenvalue weighted by molar-refractivity contribution is 5.95. The number of aliphatic hydroxyl groups excluding tert-OH is 1. The lowest BCUT2D eigenvalue weighted by molar-refractivity contribution is -0.136. The summed E-state index contributed by atoms with van der Waals surface area (Å²) in [4.78, 5) is 24.4. The van der Waals surface area contributed by atoms with Crippen LogP contribution in [-0.4, -0.2) is 56.5 Å². The Bertz CT molecular complexity index is 1190. The first-order valence-corrected chi connectivity index (χ1v) is 11.9. The topological polar surface area (TPSA) is 140 Å². The van der Waals surface area contributed by atoms with Gasteiger partial charge in [0, 0.05) is 5.70 Å². The van der Waals surface area contributed by atoms with E-state index in [2.05, 4.69) is 27.7 Å². The Balaban J connectivity index is 1.64. The van der Waals surface area contributed by atoms with E-state index in [1.807, 2.05) is 31.2 Å². The van der Waals surface area contributed by atoms with Crippen molar-refractivity contribution in [2.75, 3.05) is 26.9 Å². The maximum Gasteiger partial charge on any atom is 0.337 e. The Labute approximate surface area is 221 Å². The number of urea groups is 1. The number of rotatable bonds is 13. The molecule has 2 aromatic rings. The van der Waals surface area contributed by atoms with Crippen LogP contribution in [0.25, 0.3) is 0 Å². The molecule has 11 nitrogen and oxygen atoms in total. The van der Waals surface area contributed by atoms with Crippen LogP contribution < -0.4 is 30.3 Å². The fourth-order valence-corrected chi connectivity index (χ4v) is 3.63. The highest BCUT2D eigenvalue weighted by Gasteiger charge is 2.32. The van der Waals surface area contributed by atoms with Gasteiger partial charge in [0.05, 0.1) is 31.5 Å². The number of aliphatic hydroxyl groups is 1. The van der Waals surface area contributed by atoms with E-state index in [0.717, 1.165) is 11.3 Å². The molecular weight excluding hydrogens is 492 g/mol. The minimum Gasteiger partial charge on any atom is -0.490 e. The second-order valence-corrected chi connectivity index (χ2v) is 8.08. The van der Waals surface area contributed by atoms with Gasteiger partial charge in [-0.1, -0.05) is 18.7 Å². The third kappa shape index (κ3) is 7.50. The second-order valence-electron chi connectivity index (χ2n) is 8.08. The maximum atomic E-state index is 12.4. The molecule has 0 radical (unpaired) electrons. The van der Waals surface area contributed by atoms with E-state index < -0.39 is 24.3 Å². The van der Waals surface area contributed by atoms with Crippen LogP contribution >= 0.6 is 0 Å². The number of nitrogens with zero attached hydrogens (tertiary/aromatic N) is 1. The largest absolute Gasteiger partial charge is 0.490 e. The number of benzene rings is 2. The monoisotopic (exact) mass is 524 g/mol. The Morgan fingerprint density at radius 3 is 2.63 bits per heavy atom. The summed E-state index contributed by atoms with van der Waals surface area (Å²) in [6.07, 6.45) is 2.13.